The van der Waals surface area contributed by atoms with Crippen LogP contribution in [-0.4, -0.2) is 22.2 Å². The molecule has 1 aliphatic rings. The lowest BCUT2D eigenvalue weighted by Gasteiger charge is -2.12. The van der Waals surface area contributed by atoms with Crippen molar-refractivity contribution < 1.29 is 9.21 Å². The van der Waals surface area contributed by atoms with Crippen molar-refractivity contribution >= 4 is 74.3 Å². The molecular weight excluding hydrogens is 521 g/mol. The Hall–Kier alpha value is -2.32. The molecule has 0 bridgehead atoms. The topological polar surface area (TPSA) is 58.2 Å². The monoisotopic (exact) mass is 533 g/mol. The second kappa shape index (κ2) is 9.87. The third-order valence-electron chi connectivity index (χ3n) is 4.25. The first-order valence-corrected chi connectivity index (χ1v) is 11.4. The van der Waals surface area contributed by atoms with Crippen molar-refractivity contribution in [3.05, 3.63) is 97.2 Å². The molecule has 2 heterocycles. The standard InChI is InChI=1S/C22H14BrCl2N3O2S/c23-16-6-1-4-14(10-16)11-19-21(29)28(13-17-7-3-9-30-17)22(31-19)27-26-12-15-5-2-8-18(24)20(15)25/h1-12H,13H2/b19-11-,26-12+,27-22-. The van der Waals surface area contributed by atoms with Gasteiger partial charge >= 0.3 is 0 Å². The SMILES string of the molecule is O=C1/C(=C/c2cccc(Br)c2)S/C(=N\N=C\c2cccc(Cl)c2Cl)N1Cc1ccco1. The van der Waals surface area contributed by atoms with Crippen LogP contribution in [0.15, 0.2) is 84.9 Å². The molecule has 0 saturated carbocycles. The molecule has 2 aromatic carbocycles. The third kappa shape index (κ3) is 5.30. The first-order valence-electron chi connectivity index (χ1n) is 9.05. The number of hydrogen-bond donors (Lipinski definition) is 0. The van der Waals surface area contributed by atoms with Crippen LogP contribution in [0.4, 0.5) is 0 Å². The molecule has 1 aromatic heterocycles. The predicted molar refractivity (Wildman–Crippen MR) is 130 cm³/mol. The van der Waals surface area contributed by atoms with Gasteiger partial charge in [-0.2, -0.15) is 5.10 Å². The zero-order chi connectivity index (χ0) is 21.8. The average Bonchev–Trinajstić information content (AvgIpc) is 3.36. The number of hydrogen-bond acceptors (Lipinski definition) is 5. The molecule has 1 amide bonds. The van der Waals surface area contributed by atoms with Gasteiger partial charge in [-0.1, -0.05) is 63.4 Å². The second-order valence-electron chi connectivity index (χ2n) is 6.41. The fraction of sp³-hybridized carbons (Fsp3) is 0.0455. The van der Waals surface area contributed by atoms with Crippen molar-refractivity contribution in [2.75, 3.05) is 0 Å². The number of furan rings is 1. The first-order chi connectivity index (χ1) is 15.0. The van der Waals surface area contributed by atoms with Gasteiger partial charge in [0.25, 0.3) is 5.91 Å². The van der Waals surface area contributed by atoms with E-state index in [9.17, 15) is 4.79 Å². The summed E-state index contributed by atoms with van der Waals surface area (Å²) in [6.45, 7) is 0.251. The van der Waals surface area contributed by atoms with Crippen molar-refractivity contribution in [1.82, 2.24) is 4.90 Å². The van der Waals surface area contributed by atoms with Crippen LogP contribution in [0.1, 0.15) is 16.9 Å². The van der Waals surface area contributed by atoms with Gasteiger partial charge in [-0.25, -0.2) is 0 Å². The Balaban J connectivity index is 1.64. The Bertz CT molecular complexity index is 1210. The molecule has 1 fully saturated rings. The van der Waals surface area contributed by atoms with E-state index in [2.05, 4.69) is 26.1 Å². The van der Waals surface area contributed by atoms with Gasteiger partial charge in [0.1, 0.15) is 5.76 Å². The molecule has 0 radical (unpaired) electrons. The summed E-state index contributed by atoms with van der Waals surface area (Å²) in [4.78, 5) is 15.1. The Morgan fingerprint density at radius 1 is 1.13 bits per heavy atom. The molecule has 4 rings (SSSR count). The quantitative estimate of drug-likeness (QED) is 0.204. The van der Waals surface area contributed by atoms with Crippen molar-refractivity contribution in [2.24, 2.45) is 10.2 Å². The number of amides is 1. The van der Waals surface area contributed by atoms with E-state index in [0.29, 0.717) is 31.4 Å². The van der Waals surface area contributed by atoms with E-state index >= 15 is 0 Å². The Labute approximate surface area is 201 Å². The smallest absolute Gasteiger partial charge is 0.267 e. The van der Waals surface area contributed by atoms with Crippen LogP contribution in [0.3, 0.4) is 0 Å². The van der Waals surface area contributed by atoms with Crippen molar-refractivity contribution in [2.45, 2.75) is 6.54 Å². The zero-order valence-corrected chi connectivity index (χ0v) is 19.7. The lowest BCUT2D eigenvalue weighted by Crippen LogP contribution is -2.28. The third-order valence-corrected chi connectivity index (χ3v) is 6.57. The number of nitrogens with zero attached hydrogens (tertiary/aromatic N) is 3. The van der Waals surface area contributed by atoms with Gasteiger partial charge in [0.2, 0.25) is 0 Å². The van der Waals surface area contributed by atoms with Crippen LogP contribution in [0.25, 0.3) is 6.08 Å². The molecule has 156 valence electrons. The molecule has 5 nitrogen and oxygen atoms in total. The highest BCUT2D eigenvalue weighted by molar-refractivity contribution is 9.10. The summed E-state index contributed by atoms with van der Waals surface area (Å²) in [7, 11) is 0. The highest BCUT2D eigenvalue weighted by Gasteiger charge is 2.34. The van der Waals surface area contributed by atoms with Crippen molar-refractivity contribution in [3.63, 3.8) is 0 Å². The molecule has 0 atom stereocenters. The van der Waals surface area contributed by atoms with Crippen LogP contribution in [-0.2, 0) is 11.3 Å². The summed E-state index contributed by atoms with van der Waals surface area (Å²) in [5, 5.41) is 9.68. The van der Waals surface area contributed by atoms with E-state index in [4.69, 9.17) is 27.6 Å². The number of thioether (sulfide) groups is 1. The molecule has 31 heavy (non-hydrogen) atoms. The Morgan fingerprint density at radius 3 is 2.74 bits per heavy atom. The molecule has 1 saturated heterocycles. The molecule has 3 aromatic rings. The molecule has 0 aliphatic carbocycles. The number of benzene rings is 2. The second-order valence-corrected chi connectivity index (χ2v) is 9.12. The van der Waals surface area contributed by atoms with Gasteiger partial charge in [0.05, 0.1) is 34.0 Å². The summed E-state index contributed by atoms with van der Waals surface area (Å²) in [6, 6.07) is 16.5. The first kappa shape index (κ1) is 21.9. The molecule has 0 unspecified atom stereocenters. The maximum absolute atomic E-state index is 13.1. The van der Waals surface area contributed by atoms with E-state index in [1.165, 1.54) is 22.9 Å². The Morgan fingerprint density at radius 2 is 1.97 bits per heavy atom. The number of carbonyl (C=O) groups excluding carboxylic acids is 1. The van der Waals surface area contributed by atoms with Crippen molar-refractivity contribution in [1.29, 1.82) is 0 Å². The van der Waals surface area contributed by atoms with Crippen molar-refractivity contribution in [3.8, 4) is 0 Å². The predicted octanol–water partition coefficient (Wildman–Crippen LogP) is 6.86. The fourth-order valence-electron chi connectivity index (χ4n) is 2.79. The van der Waals surface area contributed by atoms with Crippen LogP contribution in [0.5, 0.6) is 0 Å². The number of amidine groups is 1. The highest BCUT2D eigenvalue weighted by Crippen LogP contribution is 2.34. The van der Waals surface area contributed by atoms with E-state index in [0.717, 1.165) is 10.0 Å². The summed E-state index contributed by atoms with van der Waals surface area (Å²) in [5.74, 6) is 0.475. The normalized spacial score (nSPS) is 16.9. The van der Waals surface area contributed by atoms with E-state index in [-0.39, 0.29) is 12.5 Å². The minimum absolute atomic E-state index is 0.170. The number of rotatable bonds is 5. The van der Waals surface area contributed by atoms with E-state index in [1.807, 2.05) is 30.3 Å². The average molecular weight is 535 g/mol. The summed E-state index contributed by atoms with van der Waals surface area (Å²) >= 11 is 16.9. The van der Waals surface area contributed by atoms with E-state index in [1.54, 1.807) is 36.6 Å². The van der Waals surface area contributed by atoms with Gasteiger partial charge < -0.3 is 4.42 Å². The minimum Gasteiger partial charge on any atom is -0.467 e. The summed E-state index contributed by atoms with van der Waals surface area (Å²) < 4.78 is 6.34. The van der Waals surface area contributed by atoms with Crippen LogP contribution < -0.4 is 0 Å². The van der Waals surface area contributed by atoms with E-state index < -0.39 is 0 Å². The largest absolute Gasteiger partial charge is 0.467 e. The number of halogens is 3. The zero-order valence-electron chi connectivity index (χ0n) is 15.8. The van der Waals surface area contributed by atoms with Crippen LogP contribution in [0.2, 0.25) is 10.0 Å². The molecule has 9 heteroatoms. The van der Waals surface area contributed by atoms with Gasteiger partial charge in [0.15, 0.2) is 5.17 Å². The van der Waals surface area contributed by atoms with Gasteiger partial charge in [-0.05, 0) is 53.7 Å². The molecular formula is C22H14BrCl2N3O2S. The lowest BCUT2D eigenvalue weighted by molar-refractivity contribution is -0.122. The summed E-state index contributed by atoms with van der Waals surface area (Å²) in [5.41, 5.74) is 1.54. The van der Waals surface area contributed by atoms with Gasteiger partial charge in [0, 0.05) is 10.0 Å². The molecule has 1 aliphatic heterocycles. The lowest BCUT2D eigenvalue weighted by atomic mass is 10.2. The number of carbonyl (C=O) groups is 1. The Kier molecular flexibility index (Phi) is 6.97. The molecule has 0 spiro atoms. The van der Waals surface area contributed by atoms with Gasteiger partial charge in [-0.3, -0.25) is 9.69 Å². The maximum atomic E-state index is 13.1. The highest BCUT2D eigenvalue weighted by atomic mass is 79.9. The maximum Gasteiger partial charge on any atom is 0.267 e. The fourth-order valence-corrected chi connectivity index (χ4v) is 4.50. The van der Waals surface area contributed by atoms with Crippen LogP contribution in [0, 0.1) is 0 Å². The van der Waals surface area contributed by atoms with Crippen LogP contribution >= 0.6 is 50.9 Å². The summed E-state index contributed by atoms with van der Waals surface area (Å²) in [6.07, 6.45) is 4.90. The van der Waals surface area contributed by atoms with Gasteiger partial charge in [-0.15, -0.1) is 5.10 Å². The minimum atomic E-state index is -0.170. The molecule has 0 N–H and O–H groups in total.